The second-order valence-corrected chi connectivity index (χ2v) is 11.9. The molecule has 0 heterocycles. The van der Waals surface area contributed by atoms with E-state index in [0.717, 1.165) is 22.9 Å². The van der Waals surface area contributed by atoms with Crippen molar-refractivity contribution >= 4 is 67.9 Å². The van der Waals surface area contributed by atoms with Gasteiger partial charge in [-0.1, -0.05) is 48.5 Å². The molecule has 0 spiro atoms. The fourth-order valence-corrected chi connectivity index (χ4v) is 5.53. The first kappa shape index (κ1) is 34.9. The van der Waals surface area contributed by atoms with Crippen LogP contribution in [0.5, 0.6) is 0 Å². The number of nitrogens with zero attached hydrogens (tertiary/aromatic N) is 2. The maximum absolute atomic E-state index is 13.5. The monoisotopic (exact) mass is 682 g/mol. The molecule has 0 bridgehead atoms. The summed E-state index contributed by atoms with van der Waals surface area (Å²) >= 11 is 0. The number of carbonyl (C=O) groups is 3. The number of Topliss-reactive ketones (excluding diaryl/α,β-unsaturated/α-hetero) is 1. The van der Waals surface area contributed by atoms with E-state index < -0.39 is 38.3 Å². The standard InChI is InChI=1S/C35H25N5O7S.Na/c41-31-17-16-28(20-30(31)35(43)44)39-37-25-11-6-21(7-12-25)22-8-13-26(14-9-22)38-40-33-32(48(45,46)47)18-23-10-15-27(19-29(23)34(33)42)36-24-4-2-1-3-5-24;/h1-20,36-38H,(H,43,44)(H,45,46,47);/q;+1/b39-28-,40-33-;. The van der Waals surface area contributed by atoms with Crippen LogP contribution in [0.4, 0.5) is 22.7 Å². The zero-order chi connectivity index (χ0) is 33.8. The molecule has 0 saturated heterocycles. The third-order valence-electron chi connectivity index (χ3n) is 7.28. The van der Waals surface area contributed by atoms with Gasteiger partial charge in [0.25, 0.3) is 10.1 Å². The van der Waals surface area contributed by atoms with E-state index in [0.29, 0.717) is 22.6 Å². The Morgan fingerprint density at radius 2 is 1.29 bits per heavy atom. The third-order valence-corrected chi connectivity index (χ3v) is 8.15. The fraction of sp³-hybridized carbons (Fsp3) is 0. The molecule has 49 heavy (non-hydrogen) atoms. The van der Waals surface area contributed by atoms with E-state index in [1.165, 1.54) is 18.2 Å². The number of ketones is 2. The summed E-state index contributed by atoms with van der Waals surface area (Å²) in [7, 11) is -4.78. The molecule has 0 amide bonds. The molecule has 2 aliphatic rings. The van der Waals surface area contributed by atoms with Crippen molar-refractivity contribution in [3.05, 3.63) is 137 Å². The van der Waals surface area contributed by atoms with E-state index >= 15 is 0 Å². The van der Waals surface area contributed by atoms with Gasteiger partial charge >= 0.3 is 35.5 Å². The Hall–Kier alpha value is -5.44. The second-order valence-electron chi connectivity index (χ2n) is 10.5. The maximum Gasteiger partial charge on any atom is 1.00 e. The van der Waals surface area contributed by atoms with Crippen LogP contribution in [0.1, 0.15) is 15.9 Å². The van der Waals surface area contributed by atoms with Gasteiger partial charge in [-0.3, -0.25) is 25.0 Å². The zero-order valence-electron chi connectivity index (χ0n) is 25.8. The van der Waals surface area contributed by atoms with Crippen LogP contribution in [0.15, 0.2) is 136 Å². The van der Waals surface area contributed by atoms with Crippen LogP contribution in [0.25, 0.3) is 17.2 Å². The van der Waals surface area contributed by atoms with E-state index in [1.807, 2.05) is 42.5 Å². The maximum atomic E-state index is 13.5. The minimum Gasteiger partial charge on any atom is -0.478 e. The number of nitrogens with one attached hydrogen (secondary N) is 3. The Labute approximate surface area is 302 Å². The molecule has 0 aliphatic heterocycles. The molecule has 14 heteroatoms. The van der Waals surface area contributed by atoms with E-state index in [4.69, 9.17) is 5.11 Å². The Morgan fingerprint density at radius 3 is 1.88 bits per heavy atom. The topological polar surface area (TPSA) is 187 Å². The third kappa shape index (κ3) is 8.17. The van der Waals surface area contributed by atoms with Crippen molar-refractivity contribution in [2.24, 2.45) is 10.2 Å². The number of hydrazone groups is 2. The summed E-state index contributed by atoms with van der Waals surface area (Å²) in [4.78, 5) is 35.7. The average Bonchev–Trinajstić information content (AvgIpc) is 3.08. The molecule has 0 radical (unpaired) electrons. The number of benzene rings is 4. The van der Waals surface area contributed by atoms with Crippen molar-refractivity contribution < 1.29 is 62.0 Å². The molecule has 12 nitrogen and oxygen atoms in total. The van der Waals surface area contributed by atoms with E-state index in [9.17, 15) is 27.4 Å². The Morgan fingerprint density at radius 1 is 0.694 bits per heavy atom. The number of carboxylic acid groups (broad SMARTS) is 1. The summed E-state index contributed by atoms with van der Waals surface area (Å²) < 4.78 is 34.4. The molecular weight excluding hydrogens is 657 g/mol. The van der Waals surface area contributed by atoms with E-state index in [1.54, 1.807) is 54.6 Å². The van der Waals surface area contributed by atoms with Gasteiger partial charge in [-0.25, -0.2) is 4.79 Å². The van der Waals surface area contributed by atoms with Crippen molar-refractivity contribution in [3.8, 4) is 11.1 Å². The second kappa shape index (κ2) is 14.8. The molecule has 2 aliphatic carbocycles. The van der Waals surface area contributed by atoms with Gasteiger partial charge in [0.1, 0.15) is 10.5 Å². The molecule has 0 atom stereocenters. The average molecular weight is 683 g/mol. The summed E-state index contributed by atoms with van der Waals surface area (Å²) in [5, 5.41) is 20.6. The number of fused-ring (bicyclic) bond motifs is 1. The van der Waals surface area contributed by atoms with Crippen molar-refractivity contribution in [2.45, 2.75) is 0 Å². The predicted molar refractivity (Wildman–Crippen MR) is 184 cm³/mol. The SMILES string of the molecule is O=C(O)C1=C/C(=N\Nc2ccc(-c3ccc(N/N=C4\C(=O)c5cc(Nc6ccccc6)ccc5C=C4S(=O)(=O)O)cc3)cc2)C=CC1=O.[Na+]. The van der Waals surface area contributed by atoms with Gasteiger partial charge in [0, 0.05) is 16.9 Å². The van der Waals surface area contributed by atoms with Crippen LogP contribution in [0, 0.1) is 0 Å². The number of hydrogen-bond acceptors (Lipinski definition) is 10. The van der Waals surface area contributed by atoms with Crippen LogP contribution in [0.2, 0.25) is 0 Å². The molecule has 0 aromatic heterocycles. The van der Waals surface area contributed by atoms with Gasteiger partial charge in [-0.15, -0.1) is 0 Å². The van der Waals surface area contributed by atoms with Crippen LogP contribution in [0.3, 0.4) is 0 Å². The van der Waals surface area contributed by atoms with Gasteiger partial charge in [-0.2, -0.15) is 18.6 Å². The first-order valence-corrected chi connectivity index (χ1v) is 15.7. The van der Waals surface area contributed by atoms with Crippen molar-refractivity contribution in [2.75, 3.05) is 16.2 Å². The summed E-state index contributed by atoms with van der Waals surface area (Å²) in [6.45, 7) is 0. The van der Waals surface area contributed by atoms with Crippen LogP contribution in [-0.2, 0) is 19.7 Å². The normalized spacial score (nSPS) is 15.5. The van der Waals surface area contributed by atoms with Crippen molar-refractivity contribution in [3.63, 3.8) is 0 Å². The number of carbonyl (C=O) groups excluding carboxylic acids is 2. The number of carboxylic acids is 1. The van der Waals surface area contributed by atoms with Crippen LogP contribution < -0.4 is 45.7 Å². The zero-order valence-corrected chi connectivity index (χ0v) is 28.6. The number of para-hydroxylation sites is 1. The molecule has 0 fully saturated rings. The molecule has 4 aromatic rings. The fourth-order valence-electron chi connectivity index (χ4n) is 4.87. The Kier molecular flexibility index (Phi) is 10.5. The minimum absolute atomic E-state index is 0. The number of aliphatic carboxylic acids is 1. The molecule has 6 rings (SSSR count). The molecule has 5 N–H and O–H groups in total. The molecule has 0 unspecified atom stereocenters. The molecule has 0 saturated carbocycles. The summed E-state index contributed by atoms with van der Waals surface area (Å²) in [5.74, 6) is -2.60. The minimum atomic E-state index is -4.78. The van der Waals surface area contributed by atoms with Crippen LogP contribution in [-0.4, -0.2) is 47.0 Å². The summed E-state index contributed by atoms with van der Waals surface area (Å²) in [6.07, 6.45) is 4.97. The molecule has 4 aromatic carbocycles. The van der Waals surface area contributed by atoms with Gasteiger partial charge in [-0.05, 0) is 89.5 Å². The predicted octanol–water partition coefficient (Wildman–Crippen LogP) is 2.91. The smallest absolute Gasteiger partial charge is 0.478 e. The van der Waals surface area contributed by atoms with Gasteiger partial charge in [0.15, 0.2) is 11.5 Å². The summed E-state index contributed by atoms with van der Waals surface area (Å²) in [5.41, 5.74) is 9.76. The van der Waals surface area contributed by atoms with Gasteiger partial charge < -0.3 is 10.4 Å². The quantitative estimate of drug-likeness (QED) is 0.0578. The largest absolute Gasteiger partial charge is 1.00 e. The van der Waals surface area contributed by atoms with Gasteiger partial charge in [0.05, 0.1) is 17.1 Å². The Balaban J connectivity index is 0.00000468. The van der Waals surface area contributed by atoms with Crippen molar-refractivity contribution in [1.82, 2.24) is 0 Å². The number of rotatable bonds is 9. The summed E-state index contributed by atoms with van der Waals surface area (Å²) in [6, 6.07) is 28.4. The van der Waals surface area contributed by atoms with E-state index in [2.05, 4.69) is 26.4 Å². The number of hydrogen-bond donors (Lipinski definition) is 5. The number of allylic oxidation sites excluding steroid dienone is 4. The molecular formula is C35H25N5NaO7S+. The van der Waals surface area contributed by atoms with E-state index in [-0.39, 0.29) is 46.4 Å². The van der Waals surface area contributed by atoms with Crippen LogP contribution >= 0.6 is 0 Å². The first-order chi connectivity index (χ1) is 23.0. The van der Waals surface area contributed by atoms with Crippen molar-refractivity contribution in [1.29, 1.82) is 0 Å². The molecule has 238 valence electrons. The van der Waals surface area contributed by atoms with Gasteiger partial charge in [0.2, 0.25) is 5.78 Å². The number of anilines is 4. The first-order valence-electron chi connectivity index (χ1n) is 14.3. The Bertz CT molecular complexity index is 2230.